The Morgan fingerprint density at radius 2 is 1.38 bits per heavy atom. The third kappa shape index (κ3) is 4.00. The Morgan fingerprint density at radius 1 is 0.808 bits per heavy atom. The molecule has 3 rings (SSSR count). The average Bonchev–Trinajstić information content (AvgIpc) is 2.60. The molecule has 0 radical (unpaired) electrons. The second-order valence-electron chi connectivity index (χ2n) is 6.12. The first kappa shape index (κ1) is 17.9. The molecule has 0 amide bonds. The van der Waals surface area contributed by atoms with Gasteiger partial charge in [-0.15, -0.1) is 10.2 Å². The van der Waals surface area contributed by atoms with Crippen LogP contribution in [0.3, 0.4) is 0 Å². The summed E-state index contributed by atoms with van der Waals surface area (Å²) < 4.78 is 27.0. The van der Waals surface area contributed by atoms with Crippen molar-refractivity contribution in [3.63, 3.8) is 0 Å². The number of aromatic nitrogens is 2. The number of nitrogens with one attached hydrogen (secondary N) is 2. The summed E-state index contributed by atoms with van der Waals surface area (Å²) in [5.74, 6) is 0.708. The van der Waals surface area contributed by atoms with Crippen LogP contribution in [0.15, 0.2) is 59.5 Å². The molecule has 0 aliphatic carbocycles. The van der Waals surface area contributed by atoms with Gasteiger partial charge in [-0.3, -0.25) is 4.72 Å². The lowest BCUT2D eigenvalue weighted by Crippen LogP contribution is -2.14. The van der Waals surface area contributed by atoms with Crippen LogP contribution in [-0.2, 0) is 10.0 Å². The largest absolute Gasteiger partial charge is 0.338 e. The van der Waals surface area contributed by atoms with Crippen LogP contribution in [0.4, 0.5) is 17.3 Å². The van der Waals surface area contributed by atoms with Gasteiger partial charge in [-0.2, -0.15) is 0 Å². The Kier molecular flexibility index (Phi) is 4.90. The minimum absolute atomic E-state index is 0.164. The van der Waals surface area contributed by atoms with Crippen LogP contribution >= 0.6 is 0 Å². The minimum Gasteiger partial charge on any atom is -0.338 e. The summed E-state index contributed by atoms with van der Waals surface area (Å²) in [6, 6.07) is 15.6. The number of anilines is 3. The summed E-state index contributed by atoms with van der Waals surface area (Å²) in [7, 11) is -3.68. The molecule has 0 spiro atoms. The van der Waals surface area contributed by atoms with Crippen LogP contribution < -0.4 is 10.0 Å². The van der Waals surface area contributed by atoms with Crippen molar-refractivity contribution >= 4 is 27.3 Å². The minimum atomic E-state index is -3.68. The predicted octanol–water partition coefficient (Wildman–Crippen LogP) is 3.95. The Morgan fingerprint density at radius 3 is 1.96 bits per heavy atom. The van der Waals surface area contributed by atoms with Gasteiger partial charge in [0.05, 0.1) is 4.90 Å². The molecule has 1 heterocycles. The lowest BCUT2D eigenvalue weighted by Gasteiger charge is -2.13. The van der Waals surface area contributed by atoms with Crippen molar-refractivity contribution in [1.29, 1.82) is 0 Å². The van der Waals surface area contributed by atoms with E-state index in [0.29, 0.717) is 5.82 Å². The highest BCUT2D eigenvalue weighted by molar-refractivity contribution is 7.92. The zero-order valence-corrected chi connectivity index (χ0v) is 15.6. The Labute approximate surface area is 153 Å². The van der Waals surface area contributed by atoms with E-state index in [9.17, 15) is 8.42 Å². The van der Waals surface area contributed by atoms with Crippen LogP contribution in [0, 0.1) is 20.8 Å². The van der Waals surface area contributed by atoms with Crippen molar-refractivity contribution in [2.45, 2.75) is 25.7 Å². The Bertz CT molecular complexity index is 994. The molecule has 6 nitrogen and oxygen atoms in total. The standard InChI is InChI=1S/C19H20N4O2S/c1-13-11-14(2)19(15(3)12-13)20-17-9-10-18(22-21-17)23-26(24,25)16-7-5-4-6-8-16/h4-12H,1-3H3,(H,20,21)(H,22,23). The second-order valence-corrected chi connectivity index (χ2v) is 7.80. The van der Waals surface area contributed by atoms with E-state index in [0.717, 1.165) is 16.8 Å². The van der Waals surface area contributed by atoms with Crippen molar-refractivity contribution in [2.24, 2.45) is 0 Å². The van der Waals surface area contributed by atoms with Crippen molar-refractivity contribution in [3.05, 3.63) is 71.3 Å². The topological polar surface area (TPSA) is 84.0 Å². The highest BCUT2D eigenvalue weighted by Crippen LogP contribution is 2.25. The van der Waals surface area contributed by atoms with Crippen molar-refractivity contribution < 1.29 is 8.42 Å². The summed E-state index contributed by atoms with van der Waals surface area (Å²) in [6.07, 6.45) is 0. The maximum Gasteiger partial charge on any atom is 0.263 e. The van der Waals surface area contributed by atoms with E-state index in [1.165, 1.54) is 17.7 Å². The molecule has 3 aromatic rings. The second kappa shape index (κ2) is 7.13. The smallest absolute Gasteiger partial charge is 0.263 e. The van der Waals surface area contributed by atoms with E-state index in [1.807, 2.05) is 13.8 Å². The summed E-state index contributed by atoms with van der Waals surface area (Å²) >= 11 is 0. The van der Waals surface area contributed by atoms with Gasteiger partial charge in [0.1, 0.15) is 0 Å². The van der Waals surface area contributed by atoms with Crippen LogP contribution in [0.1, 0.15) is 16.7 Å². The first-order valence-electron chi connectivity index (χ1n) is 8.11. The quantitative estimate of drug-likeness (QED) is 0.712. The first-order valence-corrected chi connectivity index (χ1v) is 9.60. The maximum absolute atomic E-state index is 12.3. The summed E-state index contributed by atoms with van der Waals surface area (Å²) in [4.78, 5) is 0.176. The number of hydrogen-bond acceptors (Lipinski definition) is 5. The lowest BCUT2D eigenvalue weighted by molar-refractivity contribution is 0.601. The van der Waals surface area contributed by atoms with Gasteiger partial charge < -0.3 is 5.32 Å². The van der Waals surface area contributed by atoms with E-state index >= 15 is 0 Å². The van der Waals surface area contributed by atoms with Gasteiger partial charge in [-0.1, -0.05) is 35.9 Å². The fraction of sp³-hybridized carbons (Fsp3) is 0.158. The van der Waals surface area contributed by atoms with Crippen LogP contribution in [-0.4, -0.2) is 18.6 Å². The molecule has 7 heteroatoms. The highest BCUT2D eigenvalue weighted by Gasteiger charge is 2.14. The molecule has 0 fully saturated rings. The van der Waals surface area contributed by atoms with Gasteiger partial charge in [0.2, 0.25) is 0 Å². The first-order chi connectivity index (χ1) is 12.3. The van der Waals surface area contributed by atoms with Gasteiger partial charge in [-0.05, 0) is 56.2 Å². The molecule has 0 saturated carbocycles. The molecule has 134 valence electrons. The van der Waals surface area contributed by atoms with E-state index in [4.69, 9.17) is 0 Å². The number of aryl methyl sites for hydroxylation is 3. The monoisotopic (exact) mass is 368 g/mol. The molecule has 0 saturated heterocycles. The van der Waals surface area contributed by atoms with Gasteiger partial charge in [0.25, 0.3) is 10.0 Å². The fourth-order valence-electron chi connectivity index (χ4n) is 2.75. The van der Waals surface area contributed by atoms with Gasteiger partial charge in [0.15, 0.2) is 11.6 Å². The van der Waals surface area contributed by atoms with Crippen LogP contribution in [0.2, 0.25) is 0 Å². The average molecular weight is 368 g/mol. The van der Waals surface area contributed by atoms with Crippen molar-refractivity contribution in [2.75, 3.05) is 10.0 Å². The van der Waals surface area contributed by atoms with E-state index in [-0.39, 0.29) is 10.7 Å². The molecule has 0 bridgehead atoms. The molecule has 0 unspecified atom stereocenters. The van der Waals surface area contributed by atoms with Crippen LogP contribution in [0.5, 0.6) is 0 Å². The van der Waals surface area contributed by atoms with E-state index < -0.39 is 10.0 Å². The third-order valence-corrected chi connectivity index (χ3v) is 5.26. The molecule has 0 atom stereocenters. The zero-order chi connectivity index (χ0) is 18.7. The van der Waals surface area contributed by atoms with E-state index in [1.54, 1.807) is 30.3 Å². The number of benzene rings is 2. The van der Waals surface area contributed by atoms with Gasteiger partial charge in [-0.25, -0.2) is 8.42 Å². The van der Waals surface area contributed by atoms with Crippen molar-refractivity contribution in [3.8, 4) is 0 Å². The molecule has 2 N–H and O–H groups in total. The molecule has 26 heavy (non-hydrogen) atoms. The molecule has 0 aliphatic heterocycles. The number of nitrogens with zero attached hydrogens (tertiary/aromatic N) is 2. The van der Waals surface area contributed by atoms with Gasteiger partial charge >= 0.3 is 0 Å². The predicted molar refractivity (Wildman–Crippen MR) is 103 cm³/mol. The number of hydrogen-bond donors (Lipinski definition) is 2. The fourth-order valence-corrected chi connectivity index (χ4v) is 3.77. The Hall–Kier alpha value is -2.93. The maximum atomic E-state index is 12.3. The number of sulfonamides is 1. The molecule has 2 aromatic carbocycles. The van der Waals surface area contributed by atoms with E-state index in [2.05, 4.69) is 39.3 Å². The SMILES string of the molecule is Cc1cc(C)c(Nc2ccc(NS(=O)(=O)c3ccccc3)nn2)c(C)c1. The zero-order valence-electron chi connectivity index (χ0n) is 14.8. The number of rotatable bonds is 5. The summed E-state index contributed by atoms with van der Waals surface area (Å²) in [5, 5.41) is 11.3. The molecule has 1 aromatic heterocycles. The highest BCUT2D eigenvalue weighted by atomic mass is 32.2. The van der Waals surface area contributed by atoms with Crippen molar-refractivity contribution in [1.82, 2.24) is 10.2 Å². The Balaban J connectivity index is 1.77. The van der Waals surface area contributed by atoms with Crippen LogP contribution in [0.25, 0.3) is 0 Å². The normalized spacial score (nSPS) is 11.2. The molecular formula is C19H20N4O2S. The van der Waals surface area contributed by atoms with Gasteiger partial charge in [0, 0.05) is 5.69 Å². The summed E-state index contributed by atoms with van der Waals surface area (Å²) in [5.41, 5.74) is 4.39. The molecular weight excluding hydrogens is 348 g/mol. The third-order valence-electron chi connectivity index (χ3n) is 3.89. The summed E-state index contributed by atoms with van der Waals surface area (Å²) in [6.45, 7) is 6.10. The molecule has 0 aliphatic rings. The lowest BCUT2D eigenvalue weighted by atomic mass is 10.1.